The molecule has 0 aliphatic carbocycles. The highest BCUT2D eigenvalue weighted by Gasteiger charge is 2.30. The van der Waals surface area contributed by atoms with Gasteiger partial charge in [0.25, 0.3) is 0 Å². The molecule has 0 bridgehead atoms. The van der Waals surface area contributed by atoms with Gasteiger partial charge in [-0.3, -0.25) is 4.90 Å². The van der Waals surface area contributed by atoms with E-state index in [1.807, 2.05) is 30.3 Å². The van der Waals surface area contributed by atoms with Crippen LogP contribution in [0.15, 0.2) is 57.7 Å². The molecule has 5 nitrogen and oxygen atoms in total. The van der Waals surface area contributed by atoms with E-state index in [-0.39, 0.29) is 11.8 Å². The van der Waals surface area contributed by atoms with Gasteiger partial charge in [0.05, 0.1) is 6.10 Å². The monoisotopic (exact) mass is 379 g/mol. The van der Waals surface area contributed by atoms with Crippen LogP contribution in [0.3, 0.4) is 0 Å². The van der Waals surface area contributed by atoms with E-state index in [1.165, 1.54) is 6.07 Å². The Hall–Kier alpha value is -2.63. The van der Waals surface area contributed by atoms with Crippen molar-refractivity contribution in [1.82, 2.24) is 4.90 Å². The largest absolute Gasteiger partial charge is 0.508 e. The molecule has 0 spiro atoms. The minimum absolute atomic E-state index is 0.00309. The summed E-state index contributed by atoms with van der Waals surface area (Å²) in [6.07, 6.45) is 2.49. The van der Waals surface area contributed by atoms with E-state index in [0.29, 0.717) is 17.7 Å². The number of fused-ring (bicyclic) bond motifs is 1. The predicted octanol–water partition coefficient (Wildman–Crippen LogP) is 3.90. The van der Waals surface area contributed by atoms with Crippen molar-refractivity contribution in [3.63, 3.8) is 0 Å². The summed E-state index contributed by atoms with van der Waals surface area (Å²) in [5, 5.41) is 21.8. The quantitative estimate of drug-likeness (QED) is 0.673. The zero-order valence-electron chi connectivity index (χ0n) is 16.0. The molecule has 4 rings (SSSR count). The predicted molar refractivity (Wildman–Crippen MR) is 108 cm³/mol. The summed E-state index contributed by atoms with van der Waals surface area (Å²) in [7, 11) is 0. The Kier molecular flexibility index (Phi) is 5.20. The van der Waals surface area contributed by atoms with Crippen LogP contribution in [0.25, 0.3) is 11.0 Å². The zero-order valence-corrected chi connectivity index (χ0v) is 16.0. The number of aromatic hydroxyl groups is 1. The summed E-state index contributed by atoms with van der Waals surface area (Å²) < 4.78 is 5.36. The smallest absolute Gasteiger partial charge is 0.336 e. The van der Waals surface area contributed by atoms with Gasteiger partial charge in [0.1, 0.15) is 11.3 Å². The summed E-state index contributed by atoms with van der Waals surface area (Å²) in [5.74, 6) is 0.114. The molecule has 5 heteroatoms. The number of phenols is 1. The first-order chi connectivity index (χ1) is 13.5. The third-order valence-electron chi connectivity index (χ3n) is 5.76. The number of aliphatic hydroxyl groups excluding tert-OH is 1. The van der Waals surface area contributed by atoms with Crippen LogP contribution in [-0.2, 0) is 6.54 Å². The zero-order chi connectivity index (χ0) is 19.7. The molecule has 0 radical (unpaired) electrons. The molecular weight excluding hydrogens is 354 g/mol. The molecule has 2 heterocycles. The van der Waals surface area contributed by atoms with Gasteiger partial charge >= 0.3 is 5.63 Å². The first-order valence-electron chi connectivity index (χ1n) is 9.77. The van der Waals surface area contributed by atoms with Gasteiger partial charge < -0.3 is 14.6 Å². The number of aliphatic hydroxyl groups is 1. The topological polar surface area (TPSA) is 73.9 Å². The van der Waals surface area contributed by atoms with E-state index < -0.39 is 11.7 Å². The Bertz CT molecular complexity index is 1030. The fourth-order valence-electron chi connectivity index (χ4n) is 4.21. The molecule has 1 saturated heterocycles. The number of piperidine rings is 1. The van der Waals surface area contributed by atoms with Crippen LogP contribution in [0.4, 0.5) is 0 Å². The second-order valence-electron chi connectivity index (χ2n) is 7.57. The molecule has 1 aliphatic heterocycles. The van der Waals surface area contributed by atoms with Crippen LogP contribution in [0.2, 0.25) is 0 Å². The number of hydrogen-bond acceptors (Lipinski definition) is 5. The Balaban J connectivity index is 1.69. The molecule has 3 aromatic rings. The molecule has 1 aliphatic rings. The van der Waals surface area contributed by atoms with E-state index in [4.69, 9.17) is 4.42 Å². The number of benzene rings is 2. The maximum Gasteiger partial charge on any atom is 0.336 e. The third kappa shape index (κ3) is 3.55. The van der Waals surface area contributed by atoms with E-state index in [9.17, 15) is 15.0 Å². The summed E-state index contributed by atoms with van der Waals surface area (Å²) in [6.45, 7) is 3.17. The van der Waals surface area contributed by atoms with Gasteiger partial charge in [0.15, 0.2) is 0 Å². The van der Waals surface area contributed by atoms with Crippen LogP contribution < -0.4 is 5.63 Å². The SMILES string of the molecule is Cc1c(O)ccc2c(CN3CCCC[C@@H]3[C@H](O)c3ccccc3)cc(=O)oc12. The van der Waals surface area contributed by atoms with Gasteiger partial charge in [0.2, 0.25) is 0 Å². The van der Waals surface area contributed by atoms with E-state index in [2.05, 4.69) is 4.90 Å². The molecule has 2 aromatic carbocycles. The lowest BCUT2D eigenvalue weighted by molar-refractivity contribution is 0.0204. The lowest BCUT2D eigenvalue weighted by atomic mass is 9.92. The highest BCUT2D eigenvalue weighted by Crippen LogP contribution is 2.32. The van der Waals surface area contributed by atoms with Gasteiger partial charge in [-0.05, 0) is 49.6 Å². The first-order valence-corrected chi connectivity index (χ1v) is 9.77. The van der Waals surface area contributed by atoms with Crippen molar-refractivity contribution in [1.29, 1.82) is 0 Å². The van der Waals surface area contributed by atoms with Crippen molar-refractivity contribution in [3.05, 3.63) is 75.6 Å². The molecular formula is C23H25NO4. The Morgan fingerprint density at radius 3 is 2.75 bits per heavy atom. The minimum atomic E-state index is -0.571. The van der Waals surface area contributed by atoms with Crippen molar-refractivity contribution in [2.75, 3.05) is 6.54 Å². The van der Waals surface area contributed by atoms with Gasteiger partial charge in [-0.25, -0.2) is 4.79 Å². The molecule has 0 amide bonds. The lowest BCUT2D eigenvalue weighted by Crippen LogP contribution is -2.42. The number of rotatable bonds is 4. The second kappa shape index (κ2) is 7.78. The number of phenolic OH excluding ortho intramolecular Hbond substituents is 1. The molecule has 0 saturated carbocycles. The minimum Gasteiger partial charge on any atom is -0.508 e. The Morgan fingerprint density at radius 1 is 1.18 bits per heavy atom. The molecule has 1 aromatic heterocycles. The molecule has 0 unspecified atom stereocenters. The van der Waals surface area contributed by atoms with Crippen molar-refractivity contribution in [2.24, 2.45) is 0 Å². The van der Waals surface area contributed by atoms with E-state index in [1.54, 1.807) is 19.1 Å². The summed E-state index contributed by atoms with van der Waals surface area (Å²) >= 11 is 0. The van der Waals surface area contributed by atoms with Gasteiger partial charge in [-0.15, -0.1) is 0 Å². The van der Waals surface area contributed by atoms with Crippen molar-refractivity contribution >= 4 is 11.0 Å². The number of hydrogen-bond donors (Lipinski definition) is 2. The number of nitrogens with zero attached hydrogens (tertiary/aromatic N) is 1. The summed E-state index contributed by atoms with van der Waals surface area (Å²) in [4.78, 5) is 14.4. The second-order valence-corrected chi connectivity index (χ2v) is 7.57. The van der Waals surface area contributed by atoms with Gasteiger partial charge in [-0.2, -0.15) is 0 Å². The first kappa shape index (κ1) is 18.7. The van der Waals surface area contributed by atoms with Gasteiger partial charge in [-0.1, -0.05) is 36.8 Å². The van der Waals surface area contributed by atoms with Gasteiger partial charge in [0, 0.05) is 29.6 Å². The Morgan fingerprint density at radius 2 is 1.96 bits per heavy atom. The summed E-state index contributed by atoms with van der Waals surface area (Å²) in [6, 6.07) is 14.7. The van der Waals surface area contributed by atoms with Crippen LogP contribution in [0.5, 0.6) is 5.75 Å². The highest BCUT2D eigenvalue weighted by atomic mass is 16.4. The normalized spacial score (nSPS) is 19.0. The maximum absolute atomic E-state index is 12.1. The van der Waals surface area contributed by atoms with Crippen LogP contribution >= 0.6 is 0 Å². The van der Waals surface area contributed by atoms with Crippen LogP contribution in [-0.4, -0.2) is 27.7 Å². The fourth-order valence-corrected chi connectivity index (χ4v) is 4.21. The number of aryl methyl sites for hydroxylation is 1. The average Bonchev–Trinajstić information content (AvgIpc) is 2.71. The van der Waals surface area contributed by atoms with Crippen molar-refractivity contribution in [3.8, 4) is 5.75 Å². The molecule has 2 atom stereocenters. The Labute approximate surface area is 163 Å². The lowest BCUT2D eigenvalue weighted by Gasteiger charge is -2.38. The van der Waals surface area contributed by atoms with E-state index in [0.717, 1.165) is 42.3 Å². The van der Waals surface area contributed by atoms with Crippen molar-refractivity contribution in [2.45, 2.75) is 44.9 Å². The van der Waals surface area contributed by atoms with Crippen LogP contribution in [0.1, 0.15) is 42.1 Å². The standard InChI is InChI=1S/C23H25NO4/c1-15-20(25)11-10-18-17(13-21(26)28-23(15)18)14-24-12-6-5-9-19(24)22(27)16-7-3-2-4-8-16/h2-4,7-8,10-11,13,19,22,25,27H,5-6,9,12,14H2,1H3/t19-,22-/m1/s1. The van der Waals surface area contributed by atoms with Crippen molar-refractivity contribution < 1.29 is 14.6 Å². The highest BCUT2D eigenvalue weighted by molar-refractivity contribution is 5.84. The number of likely N-dealkylation sites (tertiary alicyclic amines) is 1. The maximum atomic E-state index is 12.1. The third-order valence-corrected chi connectivity index (χ3v) is 5.76. The molecule has 28 heavy (non-hydrogen) atoms. The average molecular weight is 379 g/mol. The molecule has 1 fully saturated rings. The van der Waals surface area contributed by atoms with Crippen LogP contribution in [0, 0.1) is 6.92 Å². The fraction of sp³-hybridized carbons (Fsp3) is 0.348. The molecule has 146 valence electrons. The van der Waals surface area contributed by atoms with E-state index >= 15 is 0 Å². The molecule has 2 N–H and O–H groups in total. The summed E-state index contributed by atoms with van der Waals surface area (Å²) in [5.41, 5.74) is 2.35.